The molecule has 6 rings (SSSR count). The van der Waals surface area contributed by atoms with Crippen LogP contribution in [-0.2, 0) is 49.8 Å². The van der Waals surface area contributed by atoms with Crippen molar-refractivity contribution >= 4 is 154 Å². The summed E-state index contributed by atoms with van der Waals surface area (Å²) < 4.78 is 107. The van der Waals surface area contributed by atoms with Gasteiger partial charge in [-0.05, 0) is 47.9 Å². The summed E-state index contributed by atoms with van der Waals surface area (Å²) in [4.78, 5) is 78.7. The number of ether oxygens (including phenoxy) is 2. The van der Waals surface area contributed by atoms with Gasteiger partial charge in [0, 0.05) is 82.6 Å². The lowest BCUT2D eigenvalue weighted by atomic mass is 10.1. The molecule has 0 spiro atoms. The number of halogens is 5. The second-order valence-corrected chi connectivity index (χ2v) is 36.5. The average Bonchev–Trinajstić information content (AvgIpc) is 3.47. The zero-order valence-electron chi connectivity index (χ0n) is 51.1. The molecular weight excluding hydrogens is 1460 g/mol. The molecule has 4 aromatic carbocycles. The number of carbonyl (C=O) groups excluding carboxylic acids is 4. The summed E-state index contributed by atoms with van der Waals surface area (Å²) in [6.45, 7) is 5.58. The third kappa shape index (κ3) is 33.5. The van der Waals surface area contributed by atoms with Crippen LogP contribution in [0.15, 0.2) is 109 Å². The van der Waals surface area contributed by atoms with Gasteiger partial charge in [0.25, 0.3) is 0 Å². The van der Waals surface area contributed by atoms with Crippen LogP contribution in [0.4, 0.5) is 48.4 Å². The number of aliphatic hydroxyl groups is 2. The predicted octanol–water partition coefficient (Wildman–Crippen LogP) is 10.8. The maximum absolute atomic E-state index is 14.0. The Labute approximate surface area is 571 Å². The van der Waals surface area contributed by atoms with Gasteiger partial charge in [0.05, 0.1) is 43.6 Å². The number of urea groups is 2. The number of amides is 6. The molecule has 2 aromatic heterocycles. The molecular formula is C55H78F4IN9O16P2S4Si. The first-order valence-corrected chi connectivity index (χ1v) is 35.9. The Balaban J connectivity index is 0. The van der Waals surface area contributed by atoms with E-state index in [2.05, 4.69) is 86.2 Å². The molecule has 37 heteroatoms. The highest BCUT2D eigenvalue weighted by Crippen LogP contribution is 2.47. The molecule has 0 fully saturated rings. The quantitative estimate of drug-likeness (QED) is 0.00917. The highest BCUT2D eigenvalue weighted by atomic mass is 127. The minimum Gasteiger partial charge on any atom is -0.447 e. The van der Waals surface area contributed by atoms with E-state index in [9.17, 15) is 56.1 Å². The van der Waals surface area contributed by atoms with Crippen molar-refractivity contribution in [3.63, 3.8) is 0 Å². The number of pyridine rings is 2. The van der Waals surface area contributed by atoms with Crippen molar-refractivity contribution in [2.24, 2.45) is 0 Å². The van der Waals surface area contributed by atoms with Gasteiger partial charge in [0.2, 0.25) is 0 Å². The Hall–Kier alpha value is -5.52. The summed E-state index contributed by atoms with van der Waals surface area (Å²) in [5.41, 5.74) is -0.829. The van der Waals surface area contributed by atoms with Crippen molar-refractivity contribution in [3.05, 3.63) is 144 Å². The SMILES string of the molecule is CC#N.CN(C(=O)NCc1cccc(F)c1F)[C@H](COC(=O)Nc1cc2ccccc2cn1)C[C@H](O)COP(=O)(O)O.COP(=O)(OC)OC[C@@H](O)C[C@@H](COC(=O)Nc1cc2ccccc2cn1)N(C)C(=O)NCc1cccc(F)c1F.C[Si](C)(C)I.S.S.S.S. The van der Waals surface area contributed by atoms with Gasteiger partial charge in [0.15, 0.2) is 23.3 Å². The Bertz CT molecular complexity index is 3400. The molecule has 2 heterocycles. The van der Waals surface area contributed by atoms with Gasteiger partial charge in [-0.2, -0.15) is 59.2 Å². The fourth-order valence-electron chi connectivity index (χ4n) is 7.20. The summed E-state index contributed by atoms with van der Waals surface area (Å²) in [5.74, 6) is -3.92. The Kier molecular flexibility index (Phi) is 42.5. The first-order valence-electron chi connectivity index (χ1n) is 26.3. The van der Waals surface area contributed by atoms with Crippen LogP contribution in [0.2, 0.25) is 19.6 Å². The van der Waals surface area contributed by atoms with E-state index in [-0.39, 0.29) is 109 Å². The van der Waals surface area contributed by atoms with Crippen LogP contribution in [0.5, 0.6) is 0 Å². The number of likely N-dealkylation sites (N-methyl/N-ethyl adjacent to an activating group) is 2. The summed E-state index contributed by atoms with van der Waals surface area (Å²) in [6, 6.07) is 23.4. The molecule has 0 aliphatic rings. The first kappa shape index (κ1) is 88.5. The lowest BCUT2D eigenvalue weighted by molar-refractivity contribution is 0.0403. The third-order valence-electron chi connectivity index (χ3n) is 11.6. The summed E-state index contributed by atoms with van der Waals surface area (Å²) in [7, 11) is -3.88. The number of phosphoric acid groups is 2. The van der Waals surface area contributed by atoms with Crippen LogP contribution in [-0.4, -0.2) is 149 Å². The zero-order chi connectivity index (χ0) is 65.8. The molecule has 0 aliphatic heterocycles. The van der Waals surface area contributed by atoms with E-state index in [0.29, 0.717) is 0 Å². The van der Waals surface area contributed by atoms with E-state index < -0.39 is 113 Å². The van der Waals surface area contributed by atoms with Crippen LogP contribution in [0.25, 0.3) is 21.5 Å². The fraction of sp³-hybridized carbons (Fsp3) is 0.364. The Morgan fingerprint density at radius 1 is 0.620 bits per heavy atom. The molecule has 512 valence electrons. The number of hydrogen-bond donors (Lipinski definition) is 8. The van der Waals surface area contributed by atoms with Crippen LogP contribution >= 0.6 is 91.4 Å². The smallest absolute Gasteiger partial charge is 0.447 e. The Morgan fingerprint density at radius 2 is 0.957 bits per heavy atom. The van der Waals surface area contributed by atoms with E-state index >= 15 is 0 Å². The van der Waals surface area contributed by atoms with Crippen molar-refractivity contribution in [2.75, 3.05) is 65.4 Å². The minimum atomic E-state index is -4.87. The molecule has 92 heavy (non-hydrogen) atoms. The summed E-state index contributed by atoms with van der Waals surface area (Å²) in [5, 5.41) is 41.2. The van der Waals surface area contributed by atoms with Crippen molar-refractivity contribution in [1.29, 1.82) is 5.26 Å². The molecule has 6 amide bonds. The number of nitrogens with one attached hydrogen (secondary N) is 4. The minimum absolute atomic E-state index is 0. The number of carbonyl (C=O) groups is 4. The highest BCUT2D eigenvalue weighted by molar-refractivity contribution is 14.1. The molecule has 0 unspecified atom stereocenters. The second kappa shape index (κ2) is 44.2. The monoisotopic (exact) mass is 1540 g/mol. The van der Waals surface area contributed by atoms with E-state index in [0.717, 1.165) is 57.7 Å². The van der Waals surface area contributed by atoms with E-state index in [1.807, 2.05) is 48.5 Å². The molecule has 25 nitrogen and oxygen atoms in total. The number of aromatic nitrogens is 2. The van der Waals surface area contributed by atoms with Crippen molar-refractivity contribution < 1.29 is 93.4 Å². The predicted molar refractivity (Wildman–Crippen MR) is 371 cm³/mol. The molecule has 8 N–H and O–H groups in total. The summed E-state index contributed by atoms with van der Waals surface area (Å²) in [6.07, 6.45) is -1.93. The second-order valence-electron chi connectivity index (χ2n) is 19.5. The third-order valence-corrected chi connectivity index (χ3v) is 13.4. The zero-order valence-corrected chi connectivity index (χ0v) is 60.0. The number of fused-ring (bicyclic) bond motifs is 2. The maximum Gasteiger partial charge on any atom is 0.474 e. The van der Waals surface area contributed by atoms with Gasteiger partial charge < -0.3 is 49.9 Å². The molecule has 0 saturated heterocycles. The summed E-state index contributed by atoms with van der Waals surface area (Å²) >= 11 is 2.52. The van der Waals surface area contributed by atoms with Gasteiger partial charge in [0.1, 0.15) is 30.4 Å². The van der Waals surface area contributed by atoms with Gasteiger partial charge in [-0.15, -0.1) is 21.8 Å². The van der Waals surface area contributed by atoms with E-state index in [1.54, 1.807) is 30.6 Å². The van der Waals surface area contributed by atoms with Crippen LogP contribution in [0.3, 0.4) is 0 Å². The number of aliphatic hydroxyl groups excluding tert-OH is 2. The van der Waals surface area contributed by atoms with Crippen molar-refractivity contribution in [3.8, 4) is 6.07 Å². The number of nitriles is 1. The number of benzene rings is 4. The lowest BCUT2D eigenvalue weighted by Gasteiger charge is -2.30. The fourth-order valence-corrected chi connectivity index (χ4v) is 8.28. The number of hydrogen-bond acceptors (Lipinski definition) is 17. The highest BCUT2D eigenvalue weighted by Gasteiger charge is 2.30. The Morgan fingerprint density at radius 3 is 1.29 bits per heavy atom. The van der Waals surface area contributed by atoms with Gasteiger partial charge in [-0.25, -0.2) is 55.8 Å². The normalized spacial score (nSPS) is 12.0. The first-order chi connectivity index (χ1) is 41.4. The van der Waals surface area contributed by atoms with Crippen LogP contribution < -0.4 is 21.3 Å². The van der Waals surface area contributed by atoms with Crippen LogP contribution in [0.1, 0.15) is 30.9 Å². The molecule has 0 radical (unpaired) electrons. The van der Waals surface area contributed by atoms with E-state index in [4.69, 9.17) is 29.0 Å². The molecule has 0 aliphatic carbocycles. The maximum atomic E-state index is 14.0. The largest absolute Gasteiger partial charge is 0.474 e. The van der Waals surface area contributed by atoms with Crippen LogP contribution in [0, 0.1) is 34.6 Å². The molecule has 6 aromatic rings. The van der Waals surface area contributed by atoms with Gasteiger partial charge in [-0.1, -0.05) is 92.4 Å². The lowest BCUT2D eigenvalue weighted by Crippen LogP contribution is -2.47. The topological polar surface area (TPSA) is 343 Å². The standard InChI is InChI=1S/C26H31F2N4O8P.C24H27F2N4O8P.C3H9ISi.C2H3N.4H2S/c1-32(25(34)30-14-19-9-6-10-22(27)24(19)28)20(12-21(33)16-40-41(36,37-2)38-3)15-39-26(35)31-23-11-17-7-4-5-8-18(17)13-29-23;1-30(23(32)28-12-17-7-4-8-20(25)22(17)26)18(10-19(31)14-38-39(34,35)36)13-37-24(33)29-21-9-15-5-2-3-6-16(15)11-27-21;1-5(2,3)4;1-2-3;;;;/h4-11,13,20-21,33H,12,14-16H2,1-3H3,(H,30,34)(H,29,31,35);2-9,11,18-19,31H,10,12-14H2,1H3,(H,28,32)(H,27,29,33)(H2,34,35,36);1-3H3;1H3;4*1H2/t20-,21-;18-,19-;;;;;;/m00....../s1. The van der Waals surface area contributed by atoms with Gasteiger partial charge >= 0.3 is 39.9 Å². The van der Waals surface area contributed by atoms with Crippen molar-refractivity contribution in [2.45, 2.75) is 76.8 Å². The average molecular weight is 1540 g/mol. The van der Waals surface area contributed by atoms with Gasteiger partial charge in [-0.3, -0.25) is 28.7 Å². The number of nitrogens with zero attached hydrogens (tertiary/aromatic N) is 5. The molecule has 0 saturated carbocycles. The number of anilines is 2. The molecule has 4 atom stereocenters. The number of rotatable bonds is 24. The number of phosphoric ester groups is 2. The van der Waals surface area contributed by atoms with E-state index in [1.165, 1.54) is 45.3 Å². The molecule has 0 bridgehead atoms. The van der Waals surface area contributed by atoms with Crippen molar-refractivity contribution in [1.82, 2.24) is 30.4 Å².